The van der Waals surface area contributed by atoms with E-state index in [0.717, 1.165) is 6.42 Å². The van der Waals surface area contributed by atoms with E-state index in [9.17, 15) is 9.59 Å². The molecule has 3 rings (SSSR count). The standard InChI is InChI=1S/C15H21N5O2/c1-11-9-12(11)14(22)18-10-13(21)19-5-7-20(8-6-19)15-16-3-2-4-17-15/h2-4,11-12H,5-10H2,1H3,(H,18,22)/t11-,12+/m1/s1. The normalized spacial score (nSPS) is 24.0. The second-order valence-corrected chi connectivity index (χ2v) is 5.95. The van der Waals surface area contributed by atoms with Crippen LogP contribution >= 0.6 is 0 Å². The number of hydrogen-bond acceptors (Lipinski definition) is 5. The van der Waals surface area contributed by atoms with Gasteiger partial charge in [-0.1, -0.05) is 6.92 Å². The lowest BCUT2D eigenvalue weighted by Gasteiger charge is -2.34. The number of rotatable bonds is 4. The van der Waals surface area contributed by atoms with E-state index in [1.54, 1.807) is 23.4 Å². The zero-order chi connectivity index (χ0) is 15.5. The second kappa shape index (κ2) is 6.29. The van der Waals surface area contributed by atoms with Crippen molar-refractivity contribution in [2.45, 2.75) is 13.3 Å². The average Bonchev–Trinajstić information content (AvgIpc) is 3.30. The molecule has 1 aliphatic heterocycles. The number of anilines is 1. The number of amides is 2. The van der Waals surface area contributed by atoms with E-state index in [1.165, 1.54) is 0 Å². The van der Waals surface area contributed by atoms with Gasteiger partial charge in [0.05, 0.1) is 6.54 Å². The Labute approximate surface area is 129 Å². The van der Waals surface area contributed by atoms with Gasteiger partial charge in [-0.25, -0.2) is 9.97 Å². The summed E-state index contributed by atoms with van der Waals surface area (Å²) in [5, 5.41) is 2.75. The molecular weight excluding hydrogens is 282 g/mol. The van der Waals surface area contributed by atoms with Crippen molar-refractivity contribution < 1.29 is 9.59 Å². The molecule has 22 heavy (non-hydrogen) atoms. The first-order chi connectivity index (χ1) is 10.6. The molecule has 0 aromatic carbocycles. The topological polar surface area (TPSA) is 78.4 Å². The Morgan fingerprint density at radius 3 is 2.45 bits per heavy atom. The second-order valence-electron chi connectivity index (χ2n) is 5.95. The van der Waals surface area contributed by atoms with E-state index >= 15 is 0 Å². The molecular formula is C15H21N5O2. The van der Waals surface area contributed by atoms with Gasteiger partial charge in [-0.3, -0.25) is 9.59 Å². The molecule has 2 heterocycles. The van der Waals surface area contributed by atoms with Crippen molar-refractivity contribution in [3.63, 3.8) is 0 Å². The van der Waals surface area contributed by atoms with Crippen molar-refractivity contribution in [1.29, 1.82) is 0 Å². The summed E-state index contributed by atoms with van der Waals surface area (Å²) in [7, 11) is 0. The van der Waals surface area contributed by atoms with Crippen molar-refractivity contribution in [2.24, 2.45) is 11.8 Å². The van der Waals surface area contributed by atoms with Crippen molar-refractivity contribution in [1.82, 2.24) is 20.2 Å². The number of nitrogens with one attached hydrogen (secondary N) is 1. The quantitative estimate of drug-likeness (QED) is 0.840. The van der Waals surface area contributed by atoms with Crippen LogP contribution in [-0.4, -0.2) is 59.4 Å². The van der Waals surface area contributed by atoms with E-state index in [0.29, 0.717) is 38.0 Å². The molecule has 2 amide bonds. The molecule has 2 atom stereocenters. The zero-order valence-corrected chi connectivity index (χ0v) is 12.7. The molecule has 2 aliphatic rings. The fourth-order valence-electron chi connectivity index (χ4n) is 2.70. The van der Waals surface area contributed by atoms with Crippen LogP contribution in [0.2, 0.25) is 0 Å². The molecule has 118 valence electrons. The summed E-state index contributed by atoms with van der Waals surface area (Å²) in [6.07, 6.45) is 4.37. The van der Waals surface area contributed by atoms with Crippen LogP contribution in [0, 0.1) is 11.8 Å². The van der Waals surface area contributed by atoms with E-state index in [4.69, 9.17) is 0 Å². The van der Waals surface area contributed by atoms with Crippen LogP contribution in [0.1, 0.15) is 13.3 Å². The van der Waals surface area contributed by atoms with Gasteiger partial charge in [-0.05, 0) is 18.4 Å². The minimum Gasteiger partial charge on any atom is -0.347 e. The molecule has 1 saturated heterocycles. The van der Waals surface area contributed by atoms with Crippen LogP contribution in [0.3, 0.4) is 0 Å². The molecule has 1 aromatic heterocycles. The lowest BCUT2D eigenvalue weighted by Crippen LogP contribution is -2.51. The van der Waals surface area contributed by atoms with E-state index in [2.05, 4.69) is 27.1 Å². The molecule has 2 fully saturated rings. The van der Waals surface area contributed by atoms with Crippen LogP contribution in [0.15, 0.2) is 18.5 Å². The van der Waals surface area contributed by atoms with Gasteiger partial charge >= 0.3 is 0 Å². The monoisotopic (exact) mass is 303 g/mol. The first-order valence-electron chi connectivity index (χ1n) is 7.72. The first kappa shape index (κ1) is 14.7. The van der Waals surface area contributed by atoms with Gasteiger partial charge < -0.3 is 15.1 Å². The maximum Gasteiger partial charge on any atom is 0.242 e. The molecule has 7 nitrogen and oxygen atoms in total. The molecule has 1 saturated carbocycles. The Kier molecular flexibility index (Phi) is 4.22. The molecule has 1 N–H and O–H groups in total. The molecule has 0 bridgehead atoms. The molecule has 0 spiro atoms. The number of hydrogen-bond donors (Lipinski definition) is 1. The lowest BCUT2D eigenvalue weighted by molar-refractivity contribution is -0.133. The third-order valence-corrected chi connectivity index (χ3v) is 4.33. The van der Waals surface area contributed by atoms with Gasteiger partial charge in [0.15, 0.2) is 0 Å². The Morgan fingerprint density at radius 2 is 1.86 bits per heavy atom. The zero-order valence-electron chi connectivity index (χ0n) is 12.7. The highest BCUT2D eigenvalue weighted by atomic mass is 16.2. The van der Waals surface area contributed by atoms with E-state index in [-0.39, 0.29) is 24.3 Å². The highest BCUT2D eigenvalue weighted by Gasteiger charge is 2.39. The smallest absolute Gasteiger partial charge is 0.242 e. The van der Waals surface area contributed by atoms with Gasteiger partial charge in [-0.15, -0.1) is 0 Å². The maximum atomic E-state index is 12.1. The van der Waals surface area contributed by atoms with Crippen molar-refractivity contribution in [3.8, 4) is 0 Å². The molecule has 0 unspecified atom stereocenters. The first-order valence-corrected chi connectivity index (χ1v) is 7.72. The van der Waals surface area contributed by atoms with Crippen molar-refractivity contribution >= 4 is 17.8 Å². The summed E-state index contributed by atoms with van der Waals surface area (Å²) >= 11 is 0. The Bertz CT molecular complexity index is 542. The largest absolute Gasteiger partial charge is 0.347 e. The number of aromatic nitrogens is 2. The number of carbonyl (C=O) groups is 2. The Morgan fingerprint density at radius 1 is 1.23 bits per heavy atom. The highest BCUT2D eigenvalue weighted by molar-refractivity contribution is 5.87. The summed E-state index contributed by atoms with van der Waals surface area (Å²) in [6.45, 7) is 4.84. The predicted molar refractivity (Wildman–Crippen MR) is 81.1 cm³/mol. The summed E-state index contributed by atoms with van der Waals surface area (Å²) in [6, 6.07) is 1.78. The fourth-order valence-corrected chi connectivity index (χ4v) is 2.70. The summed E-state index contributed by atoms with van der Waals surface area (Å²) in [5.41, 5.74) is 0. The van der Waals surface area contributed by atoms with Crippen molar-refractivity contribution in [3.05, 3.63) is 18.5 Å². The predicted octanol–water partition coefficient (Wildman–Crippen LogP) is -0.103. The highest BCUT2D eigenvalue weighted by Crippen LogP contribution is 2.37. The third kappa shape index (κ3) is 3.35. The lowest BCUT2D eigenvalue weighted by atomic mass is 10.3. The van der Waals surface area contributed by atoms with Gasteiger partial charge in [0.2, 0.25) is 17.8 Å². The number of carbonyl (C=O) groups excluding carboxylic acids is 2. The van der Waals surface area contributed by atoms with Crippen LogP contribution in [-0.2, 0) is 9.59 Å². The molecule has 1 aliphatic carbocycles. The number of nitrogens with zero attached hydrogens (tertiary/aromatic N) is 4. The van der Waals surface area contributed by atoms with E-state index in [1.807, 2.05) is 0 Å². The van der Waals surface area contributed by atoms with E-state index < -0.39 is 0 Å². The van der Waals surface area contributed by atoms with Gasteiger partial charge in [0, 0.05) is 44.5 Å². The van der Waals surface area contributed by atoms with Crippen LogP contribution < -0.4 is 10.2 Å². The molecule has 1 aromatic rings. The maximum absolute atomic E-state index is 12.1. The average molecular weight is 303 g/mol. The molecule has 0 radical (unpaired) electrons. The van der Waals surface area contributed by atoms with Crippen molar-refractivity contribution in [2.75, 3.05) is 37.6 Å². The fraction of sp³-hybridized carbons (Fsp3) is 0.600. The van der Waals surface area contributed by atoms with Crippen LogP contribution in [0.25, 0.3) is 0 Å². The summed E-state index contributed by atoms with van der Waals surface area (Å²) < 4.78 is 0. The molecule has 7 heteroatoms. The Hall–Kier alpha value is -2.18. The third-order valence-electron chi connectivity index (χ3n) is 4.33. The van der Waals surface area contributed by atoms with Crippen LogP contribution in [0.5, 0.6) is 0 Å². The minimum atomic E-state index is -0.0183. The summed E-state index contributed by atoms with van der Waals surface area (Å²) in [5.74, 6) is 1.27. The van der Waals surface area contributed by atoms with Crippen LogP contribution in [0.4, 0.5) is 5.95 Å². The minimum absolute atomic E-state index is 0.0113. The van der Waals surface area contributed by atoms with Gasteiger partial charge in [0.25, 0.3) is 0 Å². The SMILES string of the molecule is C[C@@H]1C[C@@H]1C(=O)NCC(=O)N1CCN(c2ncccn2)CC1. The van der Waals surface area contributed by atoms with Gasteiger partial charge in [-0.2, -0.15) is 0 Å². The summed E-state index contributed by atoms with van der Waals surface area (Å²) in [4.78, 5) is 36.2. The number of piperazine rings is 1. The Balaban J connectivity index is 1.43. The van der Waals surface area contributed by atoms with Gasteiger partial charge in [0.1, 0.15) is 0 Å².